The molecule has 2 atom stereocenters. The van der Waals surface area contributed by atoms with Crippen LogP contribution in [0.25, 0.3) is 0 Å². The highest BCUT2D eigenvalue weighted by Gasteiger charge is 2.39. The number of hydrogen-bond acceptors (Lipinski definition) is 3. The van der Waals surface area contributed by atoms with E-state index >= 15 is 0 Å². The van der Waals surface area contributed by atoms with E-state index in [1.54, 1.807) is 13.8 Å². The van der Waals surface area contributed by atoms with Crippen LogP contribution >= 0.6 is 0 Å². The highest BCUT2D eigenvalue weighted by Crippen LogP contribution is 2.25. The summed E-state index contributed by atoms with van der Waals surface area (Å²) in [7, 11) is 0. The molecule has 2 N–H and O–H groups in total. The van der Waals surface area contributed by atoms with Crippen molar-refractivity contribution in [2.24, 2.45) is 5.73 Å². The van der Waals surface area contributed by atoms with E-state index < -0.39 is 18.4 Å². The summed E-state index contributed by atoms with van der Waals surface area (Å²) in [6, 6.07) is 0. The lowest BCUT2D eigenvalue weighted by Gasteiger charge is -2.14. The zero-order valence-corrected chi connectivity index (χ0v) is 5.43. The maximum Gasteiger partial charge on any atom is 0.241 e. The van der Waals surface area contributed by atoms with Gasteiger partial charge in [-0.05, 0) is 13.8 Å². The van der Waals surface area contributed by atoms with Gasteiger partial charge in [0.1, 0.15) is 0 Å². The molecule has 1 saturated heterocycles. The summed E-state index contributed by atoms with van der Waals surface area (Å²) in [5, 5.41) is 0. The van der Waals surface area contributed by atoms with Gasteiger partial charge in [0, 0.05) is 0 Å². The van der Waals surface area contributed by atoms with Crippen molar-refractivity contribution in [2.45, 2.75) is 32.2 Å². The van der Waals surface area contributed by atoms with Gasteiger partial charge in [-0.2, -0.15) is 0 Å². The van der Waals surface area contributed by atoms with Gasteiger partial charge in [0.15, 0.2) is 12.0 Å². The Morgan fingerprint density at radius 2 is 2.00 bits per heavy atom. The van der Waals surface area contributed by atoms with Gasteiger partial charge in [0.05, 0.1) is 0 Å². The second kappa shape index (κ2) is 1.90. The molecule has 3 nitrogen and oxygen atoms in total. The van der Waals surface area contributed by atoms with Crippen LogP contribution in [0.15, 0.2) is 0 Å². The van der Waals surface area contributed by atoms with Crippen LogP contribution in [-0.4, -0.2) is 18.4 Å². The molecule has 0 radical (unpaired) electrons. The summed E-state index contributed by atoms with van der Waals surface area (Å²) in [6.45, 7) is 3.24. The molecular formula is C5H10FNO2. The molecule has 1 rings (SSSR count). The van der Waals surface area contributed by atoms with Crippen molar-refractivity contribution < 1.29 is 13.9 Å². The van der Waals surface area contributed by atoms with E-state index in [0.717, 1.165) is 0 Å². The molecule has 2 unspecified atom stereocenters. The Morgan fingerprint density at radius 1 is 1.44 bits per heavy atom. The quantitative estimate of drug-likeness (QED) is 0.521. The van der Waals surface area contributed by atoms with E-state index in [9.17, 15) is 4.39 Å². The maximum absolute atomic E-state index is 12.3. The van der Waals surface area contributed by atoms with Crippen LogP contribution < -0.4 is 5.73 Å². The summed E-state index contributed by atoms with van der Waals surface area (Å²) >= 11 is 0. The lowest BCUT2D eigenvalue weighted by atomic mass is 10.4. The molecule has 0 amide bonds. The average molecular weight is 135 g/mol. The van der Waals surface area contributed by atoms with E-state index in [1.165, 1.54) is 0 Å². The van der Waals surface area contributed by atoms with Crippen molar-refractivity contribution in [3.8, 4) is 0 Å². The minimum atomic E-state index is -1.49. The van der Waals surface area contributed by atoms with E-state index in [2.05, 4.69) is 4.74 Å². The van der Waals surface area contributed by atoms with Crippen LogP contribution in [0, 0.1) is 0 Å². The zero-order valence-electron chi connectivity index (χ0n) is 5.43. The smallest absolute Gasteiger partial charge is 0.241 e. The van der Waals surface area contributed by atoms with Gasteiger partial charge < -0.3 is 15.2 Å². The molecule has 0 aliphatic carbocycles. The molecule has 0 spiro atoms. The lowest BCUT2D eigenvalue weighted by molar-refractivity contribution is -0.159. The van der Waals surface area contributed by atoms with Crippen molar-refractivity contribution in [3.63, 3.8) is 0 Å². The molecule has 1 aliphatic rings. The third-order valence-corrected chi connectivity index (χ3v) is 1.07. The predicted octanol–water partition coefficient (Wildman–Crippen LogP) is 0.350. The molecule has 1 aliphatic heterocycles. The van der Waals surface area contributed by atoms with E-state index in [4.69, 9.17) is 10.5 Å². The maximum atomic E-state index is 12.3. The standard InChI is InChI=1S/C5H10FNO2/c1-5(2)8-3(6)4(7)9-5/h3-4H,7H2,1-2H3. The van der Waals surface area contributed by atoms with Gasteiger partial charge >= 0.3 is 0 Å². The van der Waals surface area contributed by atoms with Crippen LogP contribution in [0.3, 0.4) is 0 Å². The fraction of sp³-hybridized carbons (Fsp3) is 1.00. The third kappa shape index (κ3) is 1.38. The largest absolute Gasteiger partial charge is 0.327 e. The second-order valence-corrected chi connectivity index (χ2v) is 2.45. The van der Waals surface area contributed by atoms with Gasteiger partial charge in [-0.25, -0.2) is 4.39 Å². The Hall–Kier alpha value is -0.190. The Kier molecular flexibility index (Phi) is 1.46. The highest BCUT2D eigenvalue weighted by atomic mass is 19.1. The first-order chi connectivity index (χ1) is 4.01. The van der Waals surface area contributed by atoms with Crippen molar-refractivity contribution in [1.29, 1.82) is 0 Å². The summed E-state index contributed by atoms with van der Waals surface area (Å²) in [5.74, 6) is -0.862. The second-order valence-electron chi connectivity index (χ2n) is 2.45. The molecule has 0 aromatic carbocycles. The van der Waals surface area contributed by atoms with Gasteiger partial charge in [-0.3, -0.25) is 0 Å². The summed E-state index contributed by atoms with van der Waals surface area (Å²) < 4.78 is 21.8. The van der Waals surface area contributed by atoms with Gasteiger partial charge in [0.25, 0.3) is 0 Å². The van der Waals surface area contributed by atoms with E-state index in [0.29, 0.717) is 0 Å². The number of ether oxygens (including phenoxy) is 2. The predicted molar refractivity (Wildman–Crippen MR) is 29.1 cm³/mol. The van der Waals surface area contributed by atoms with Crippen LogP contribution in [0.1, 0.15) is 13.8 Å². The third-order valence-electron chi connectivity index (χ3n) is 1.07. The number of rotatable bonds is 0. The van der Waals surface area contributed by atoms with E-state index in [1.807, 2.05) is 0 Å². The van der Waals surface area contributed by atoms with Crippen molar-refractivity contribution in [2.75, 3.05) is 0 Å². The molecule has 54 valence electrons. The number of alkyl halides is 1. The van der Waals surface area contributed by atoms with Crippen LogP contribution in [0.4, 0.5) is 4.39 Å². The molecule has 1 heterocycles. The van der Waals surface area contributed by atoms with E-state index in [-0.39, 0.29) is 0 Å². The van der Waals surface area contributed by atoms with Gasteiger partial charge in [-0.15, -0.1) is 0 Å². The van der Waals surface area contributed by atoms with Gasteiger partial charge in [-0.1, -0.05) is 0 Å². The van der Waals surface area contributed by atoms with Crippen molar-refractivity contribution in [1.82, 2.24) is 0 Å². The minimum Gasteiger partial charge on any atom is -0.327 e. The highest BCUT2D eigenvalue weighted by molar-refractivity contribution is 4.69. The number of hydrogen-bond donors (Lipinski definition) is 1. The van der Waals surface area contributed by atoms with Crippen LogP contribution in [0.5, 0.6) is 0 Å². The number of nitrogens with two attached hydrogens (primary N) is 1. The molecule has 0 aromatic rings. The number of halogens is 1. The summed E-state index contributed by atoms with van der Waals surface area (Å²) in [6.07, 6.45) is -2.42. The molecule has 9 heavy (non-hydrogen) atoms. The Labute approximate surface area is 52.9 Å². The fourth-order valence-electron chi connectivity index (χ4n) is 0.747. The van der Waals surface area contributed by atoms with Crippen LogP contribution in [0.2, 0.25) is 0 Å². The molecule has 0 bridgehead atoms. The minimum absolute atomic E-state index is 0.862. The zero-order chi connectivity index (χ0) is 7.07. The topological polar surface area (TPSA) is 44.5 Å². The molecular weight excluding hydrogens is 125 g/mol. The fourth-order valence-corrected chi connectivity index (χ4v) is 0.747. The Bertz CT molecular complexity index is 106. The SMILES string of the molecule is CC1(C)OC(N)C(F)O1. The Balaban J connectivity index is 2.54. The summed E-state index contributed by atoms with van der Waals surface area (Å²) in [4.78, 5) is 0. The monoisotopic (exact) mass is 135 g/mol. The molecule has 0 saturated carbocycles. The molecule has 1 fully saturated rings. The molecule has 4 heteroatoms. The van der Waals surface area contributed by atoms with Crippen molar-refractivity contribution >= 4 is 0 Å². The molecule has 0 aromatic heterocycles. The van der Waals surface area contributed by atoms with Crippen LogP contribution in [-0.2, 0) is 9.47 Å². The lowest BCUT2D eigenvalue weighted by Crippen LogP contribution is -2.28. The van der Waals surface area contributed by atoms with Crippen molar-refractivity contribution in [3.05, 3.63) is 0 Å². The Morgan fingerprint density at radius 3 is 2.11 bits per heavy atom. The average Bonchev–Trinajstić information content (AvgIpc) is 1.79. The summed E-state index contributed by atoms with van der Waals surface area (Å²) in [5.41, 5.74) is 5.13. The van der Waals surface area contributed by atoms with Gasteiger partial charge in [0.2, 0.25) is 6.36 Å². The first kappa shape index (κ1) is 6.92. The normalized spacial score (nSPS) is 41.3. The first-order valence-corrected chi connectivity index (χ1v) is 2.76. The first-order valence-electron chi connectivity index (χ1n) is 2.76.